The lowest BCUT2D eigenvalue weighted by atomic mass is 10.2. The van der Waals surface area contributed by atoms with E-state index in [0.717, 1.165) is 0 Å². The lowest BCUT2D eigenvalue weighted by molar-refractivity contribution is -0.132. The highest BCUT2D eigenvalue weighted by molar-refractivity contribution is 8.00. The van der Waals surface area contributed by atoms with Crippen LogP contribution >= 0.6 is 11.8 Å². The first kappa shape index (κ1) is 15.5. The van der Waals surface area contributed by atoms with Gasteiger partial charge in [0.2, 0.25) is 11.8 Å². The van der Waals surface area contributed by atoms with Gasteiger partial charge < -0.3 is 10.2 Å². The first-order valence-corrected chi connectivity index (χ1v) is 8.07. The number of H-pyrrole nitrogens is 1. The predicted octanol–water partition coefficient (Wildman–Crippen LogP) is 0.760. The summed E-state index contributed by atoms with van der Waals surface area (Å²) in [6.45, 7) is 0.229. The highest BCUT2D eigenvalue weighted by atomic mass is 32.2. The molecule has 2 amide bonds. The number of aromatic nitrogens is 3. The second-order valence-electron chi connectivity index (χ2n) is 4.96. The molecule has 0 spiro atoms. The van der Waals surface area contributed by atoms with E-state index in [9.17, 15) is 14.0 Å². The molecule has 0 bridgehead atoms. The number of benzene rings is 1. The van der Waals surface area contributed by atoms with Crippen molar-refractivity contribution in [2.45, 2.75) is 6.54 Å². The van der Waals surface area contributed by atoms with Gasteiger partial charge in [-0.25, -0.2) is 9.37 Å². The quantitative estimate of drug-likeness (QED) is 0.842. The molecule has 2 N–H and O–H groups in total. The predicted molar refractivity (Wildman–Crippen MR) is 82.7 cm³/mol. The SMILES string of the molecule is O=C(CN1CSCC1=O)NCc1nc(-c2ccc(F)cc2)n[nH]1. The van der Waals surface area contributed by atoms with E-state index in [1.165, 1.54) is 28.8 Å². The lowest BCUT2D eigenvalue weighted by Gasteiger charge is -2.13. The van der Waals surface area contributed by atoms with E-state index >= 15 is 0 Å². The third-order valence-electron chi connectivity index (χ3n) is 3.25. The summed E-state index contributed by atoms with van der Waals surface area (Å²) in [5.41, 5.74) is 0.680. The maximum atomic E-state index is 12.9. The fraction of sp³-hybridized carbons (Fsp3) is 0.286. The van der Waals surface area contributed by atoms with E-state index in [0.29, 0.717) is 28.8 Å². The van der Waals surface area contributed by atoms with Gasteiger partial charge in [-0.05, 0) is 24.3 Å². The van der Waals surface area contributed by atoms with Gasteiger partial charge in [-0.15, -0.1) is 11.8 Å². The van der Waals surface area contributed by atoms with Crippen molar-refractivity contribution >= 4 is 23.6 Å². The summed E-state index contributed by atoms with van der Waals surface area (Å²) >= 11 is 1.49. The fourth-order valence-corrected chi connectivity index (χ4v) is 2.96. The molecule has 1 aliphatic rings. The molecular formula is C14H14FN5O2S. The normalized spacial score (nSPS) is 14.3. The van der Waals surface area contributed by atoms with Crippen LogP contribution in [0.15, 0.2) is 24.3 Å². The van der Waals surface area contributed by atoms with Crippen LogP contribution in [0.25, 0.3) is 11.4 Å². The number of hydrogen-bond donors (Lipinski definition) is 2. The standard InChI is InChI=1S/C14H14FN5O2S/c15-10-3-1-9(2-4-10)14-17-11(18-19-14)5-16-12(21)6-20-8-23-7-13(20)22/h1-4H,5-8H2,(H,16,21)(H,17,18,19). The molecular weight excluding hydrogens is 321 g/mol. The Bertz CT molecular complexity index is 718. The van der Waals surface area contributed by atoms with Crippen LogP contribution in [0.3, 0.4) is 0 Å². The average Bonchev–Trinajstić information content (AvgIpc) is 3.16. The van der Waals surface area contributed by atoms with E-state index in [4.69, 9.17) is 0 Å². The monoisotopic (exact) mass is 335 g/mol. The Morgan fingerprint density at radius 1 is 1.39 bits per heavy atom. The molecule has 0 radical (unpaired) electrons. The van der Waals surface area contributed by atoms with Gasteiger partial charge >= 0.3 is 0 Å². The third-order valence-corrected chi connectivity index (χ3v) is 4.19. The number of rotatable bonds is 5. The number of nitrogens with one attached hydrogen (secondary N) is 2. The molecule has 1 saturated heterocycles. The largest absolute Gasteiger partial charge is 0.347 e. The topological polar surface area (TPSA) is 91.0 Å². The number of halogens is 1. The smallest absolute Gasteiger partial charge is 0.240 e. The second kappa shape index (κ2) is 6.78. The van der Waals surface area contributed by atoms with Gasteiger partial charge in [0.05, 0.1) is 18.2 Å². The van der Waals surface area contributed by atoms with Crippen molar-refractivity contribution in [2.75, 3.05) is 18.2 Å². The van der Waals surface area contributed by atoms with E-state index in [2.05, 4.69) is 20.5 Å². The summed E-state index contributed by atoms with van der Waals surface area (Å²) in [5.74, 6) is 1.29. The van der Waals surface area contributed by atoms with E-state index in [1.54, 1.807) is 12.1 Å². The molecule has 1 fully saturated rings. The Labute approximate surface area is 135 Å². The number of nitrogens with zero attached hydrogens (tertiary/aromatic N) is 3. The zero-order valence-corrected chi connectivity index (χ0v) is 12.9. The number of carbonyl (C=O) groups excluding carboxylic acids is 2. The van der Waals surface area contributed by atoms with Gasteiger partial charge in [0.15, 0.2) is 5.82 Å². The molecule has 0 unspecified atom stereocenters. The Morgan fingerprint density at radius 3 is 2.87 bits per heavy atom. The van der Waals surface area contributed by atoms with E-state index in [1.807, 2.05) is 0 Å². The van der Waals surface area contributed by atoms with Crippen molar-refractivity contribution in [1.29, 1.82) is 0 Å². The Morgan fingerprint density at radius 2 is 2.17 bits per heavy atom. The third kappa shape index (κ3) is 3.86. The highest BCUT2D eigenvalue weighted by Gasteiger charge is 2.22. The summed E-state index contributed by atoms with van der Waals surface area (Å²) in [6.07, 6.45) is 0. The fourth-order valence-electron chi connectivity index (χ4n) is 2.05. The van der Waals surface area contributed by atoms with Crippen LogP contribution in [0.5, 0.6) is 0 Å². The van der Waals surface area contributed by atoms with Crippen LogP contribution in [0.2, 0.25) is 0 Å². The minimum absolute atomic E-state index is 0.0246. The molecule has 9 heteroatoms. The maximum Gasteiger partial charge on any atom is 0.240 e. The van der Waals surface area contributed by atoms with E-state index < -0.39 is 0 Å². The average molecular weight is 335 g/mol. The van der Waals surface area contributed by atoms with Crippen LogP contribution in [0, 0.1) is 5.82 Å². The second-order valence-corrected chi connectivity index (χ2v) is 5.91. The highest BCUT2D eigenvalue weighted by Crippen LogP contribution is 2.15. The summed E-state index contributed by atoms with van der Waals surface area (Å²) in [7, 11) is 0. The summed E-state index contributed by atoms with van der Waals surface area (Å²) < 4.78 is 12.9. The first-order valence-electron chi connectivity index (χ1n) is 6.91. The molecule has 2 aromatic rings. The van der Waals surface area contributed by atoms with Gasteiger partial charge in [-0.2, -0.15) is 5.10 Å². The van der Waals surface area contributed by atoms with Crippen molar-refractivity contribution in [3.8, 4) is 11.4 Å². The van der Waals surface area contributed by atoms with Crippen LogP contribution in [-0.2, 0) is 16.1 Å². The van der Waals surface area contributed by atoms with Gasteiger partial charge in [0.1, 0.15) is 18.2 Å². The van der Waals surface area contributed by atoms with Crippen molar-refractivity contribution in [3.05, 3.63) is 35.9 Å². The van der Waals surface area contributed by atoms with Crippen molar-refractivity contribution in [1.82, 2.24) is 25.4 Å². The molecule has 23 heavy (non-hydrogen) atoms. The van der Waals surface area contributed by atoms with Gasteiger partial charge in [-0.3, -0.25) is 14.7 Å². The molecule has 1 aromatic heterocycles. The zero-order valence-electron chi connectivity index (χ0n) is 12.1. The molecule has 0 aliphatic carbocycles. The minimum atomic E-state index is -0.327. The lowest BCUT2D eigenvalue weighted by Crippen LogP contribution is -2.38. The van der Waals surface area contributed by atoms with E-state index in [-0.39, 0.29) is 30.7 Å². The summed E-state index contributed by atoms with van der Waals surface area (Å²) in [5, 5.41) is 9.44. The van der Waals surface area contributed by atoms with Crippen molar-refractivity contribution in [3.63, 3.8) is 0 Å². The first-order chi connectivity index (χ1) is 11.1. The molecule has 0 saturated carbocycles. The number of amides is 2. The van der Waals surface area contributed by atoms with Crippen LogP contribution < -0.4 is 5.32 Å². The molecule has 3 rings (SSSR count). The Hall–Kier alpha value is -2.42. The molecule has 1 aromatic carbocycles. The molecule has 2 heterocycles. The Balaban J connectivity index is 1.53. The van der Waals surface area contributed by atoms with Crippen molar-refractivity contribution in [2.24, 2.45) is 0 Å². The molecule has 1 aliphatic heterocycles. The molecule has 0 atom stereocenters. The number of aromatic amines is 1. The van der Waals surface area contributed by atoms with Crippen LogP contribution in [0.4, 0.5) is 4.39 Å². The van der Waals surface area contributed by atoms with Gasteiger partial charge in [-0.1, -0.05) is 0 Å². The Kier molecular flexibility index (Phi) is 4.56. The van der Waals surface area contributed by atoms with Crippen molar-refractivity contribution < 1.29 is 14.0 Å². The van der Waals surface area contributed by atoms with Crippen LogP contribution in [-0.4, -0.2) is 50.1 Å². The zero-order chi connectivity index (χ0) is 16.2. The molecule has 120 valence electrons. The maximum absolute atomic E-state index is 12.9. The van der Waals surface area contributed by atoms with Gasteiger partial charge in [0, 0.05) is 5.56 Å². The van der Waals surface area contributed by atoms with Crippen LogP contribution in [0.1, 0.15) is 5.82 Å². The summed E-state index contributed by atoms with van der Waals surface area (Å²) in [4.78, 5) is 29.0. The number of hydrogen-bond acceptors (Lipinski definition) is 5. The molecule has 7 nitrogen and oxygen atoms in total. The number of thioether (sulfide) groups is 1. The summed E-state index contributed by atoms with van der Waals surface area (Å²) in [6, 6.07) is 5.82. The number of carbonyl (C=O) groups is 2. The minimum Gasteiger partial charge on any atom is -0.347 e. The van der Waals surface area contributed by atoms with Gasteiger partial charge in [0.25, 0.3) is 0 Å².